The van der Waals surface area contributed by atoms with Crippen LogP contribution in [0.1, 0.15) is 39.6 Å². The summed E-state index contributed by atoms with van der Waals surface area (Å²) in [5.41, 5.74) is 1.14. The predicted octanol–water partition coefficient (Wildman–Crippen LogP) is 3.14. The second kappa shape index (κ2) is 5.63. The van der Waals surface area contributed by atoms with Crippen molar-refractivity contribution in [2.24, 2.45) is 0 Å². The molecule has 3 rings (SSSR count). The molecule has 126 valence electrons. The van der Waals surface area contributed by atoms with Gasteiger partial charge in [0.1, 0.15) is 40.4 Å². The number of hydrogen-bond donors (Lipinski definition) is 3. The minimum atomic E-state index is -0.712. The van der Waals surface area contributed by atoms with Crippen molar-refractivity contribution in [3.05, 3.63) is 40.5 Å². The minimum Gasteiger partial charge on any atom is -0.507 e. The third kappa shape index (κ3) is 2.31. The summed E-state index contributed by atoms with van der Waals surface area (Å²) in [5.74, 6) is -0.101. The van der Waals surface area contributed by atoms with Crippen molar-refractivity contribution in [3.63, 3.8) is 0 Å². The fraction of sp³-hybridized carbons (Fsp3) is 0.278. The van der Waals surface area contributed by atoms with Crippen molar-refractivity contribution in [1.82, 2.24) is 0 Å². The number of carbonyl (C=O) groups is 1. The standard InChI is InChI=1S/C18H18O6/c1-8-16(21)9(2)18-15(17(8)22)13(20)7-14(24-18)11-5-4-10(23-3)6-12(11)19/h4-6,14,19,21-22H,7H2,1-3H3. The summed E-state index contributed by atoms with van der Waals surface area (Å²) in [4.78, 5) is 12.5. The number of hydrogen-bond acceptors (Lipinski definition) is 6. The molecule has 1 heterocycles. The van der Waals surface area contributed by atoms with E-state index in [2.05, 4.69) is 0 Å². The molecule has 2 aromatic carbocycles. The lowest BCUT2D eigenvalue weighted by Gasteiger charge is -2.28. The molecule has 0 bridgehead atoms. The second-order valence-electron chi connectivity index (χ2n) is 5.81. The first kappa shape index (κ1) is 16.0. The monoisotopic (exact) mass is 330 g/mol. The van der Waals surface area contributed by atoms with Crippen molar-refractivity contribution < 1.29 is 29.6 Å². The molecule has 0 spiro atoms. The first-order valence-corrected chi connectivity index (χ1v) is 7.47. The number of ether oxygens (including phenoxy) is 2. The molecule has 0 amide bonds. The van der Waals surface area contributed by atoms with Gasteiger partial charge in [-0.1, -0.05) is 0 Å². The summed E-state index contributed by atoms with van der Waals surface area (Å²) < 4.78 is 10.9. The summed E-state index contributed by atoms with van der Waals surface area (Å²) in [5, 5.41) is 30.4. The number of ketones is 1. The minimum absolute atomic E-state index is 0.0237. The number of aromatic hydroxyl groups is 3. The maximum absolute atomic E-state index is 12.5. The number of Topliss-reactive ketones (excluding diaryl/α,β-unsaturated/α-hetero) is 1. The van der Waals surface area contributed by atoms with Gasteiger partial charge < -0.3 is 24.8 Å². The van der Waals surface area contributed by atoms with E-state index in [1.165, 1.54) is 20.1 Å². The second-order valence-corrected chi connectivity index (χ2v) is 5.81. The SMILES string of the molecule is COc1ccc(C2CC(=O)c3c(O)c(C)c(O)c(C)c3O2)c(O)c1. The van der Waals surface area contributed by atoms with Gasteiger partial charge in [0, 0.05) is 22.8 Å². The van der Waals surface area contributed by atoms with Crippen LogP contribution in [0.15, 0.2) is 18.2 Å². The first-order valence-electron chi connectivity index (χ1n) is 7.47. The average molecular weight is 330 g/mol. The number of phenolic OH excluding ortho intramolecular Hbond substituents is 3. The highest BCUT2D eigenvalue weighted by Gasteiger charge is 2.34. The highest BCUT2D eigenvalue weighted by atomic mass is 16.5. The van der Waals surface area contributed by atoms with Crippen LogP contribution < -0.4 is 9.47 Å². The summed E-state index contributed by atoms with van der Waals surface area (Å²) in [6, 6.07) is 4.73. The lowest BCUT2D eigenvalue weighted by molar-refractivity contribution is 0.0839. The Bertz CT molecular complexity index is 840. The van der Waals surface area contributed by atoms with Crippen molar-refractivity contribution in [2.75, 3.05) is 7.11 Å². The van der Waals surface area contributed by atoms with Crippen LogP contribution in [-0.4, -0.2) is 28.2 Å². The van der Waals surface area contributed by atoms with Gasteiger partial charge in [-0.3, -0.25) is 4.79 Å². The van der Waals surface area contributed by atoms with Gasteiger partial charge in [-0.25, -0.2) is 0 Å². The lowest BCUT2D eigenvalue weighted by Crippen LogP contribution is -2.21. The molecule has 0 aliphatic carbocycles. The Kier molecular flexibility index (Phi) is 3.75. The van der Waals surface area contributed by atoms with Crippen LogP contribution in [0.5, 0.6) is 28.7 Å². The molecule has 3 N–H and O–H groups in total. The Labute approximate surface area is 138 Å². The fourth-order valence-corrected chi connectivity index (χ4v) is 2.94. The van der Waals surface area contributed by atoms with E-state index in [4.69, 9.17) is 9.47 Å². The van der Waals surface area contributed by atoms with E-state index >= 15 is 0 Å². The van der Waals surface area contributed by atoms with Crippen molar-refractivity contribution >= 4 is 5.78 Å². The number of fused-ring (bicyclic) bond motifs is 1. The molecular formula is C18H18O6. The molecule has 0 saturated carbocycles. The molecule has 1 aliphatic heterocycles. The van der Waals surface area contributed by atoms with Crippen molar-refractivity contribution in [1.29, 1.82) is 0 Å². The summed E-state index contributed by atoms with van der Waals surface area (Å²) >= 11 is 0. The van der Waals surface area contributed by atoms with Gasteiger partial charge >= 0.3 is 0 Å². The Morgan fingerprint density at radius 2 is 1.83 bits per heavy atom. The average Bonchev–Trinajstić information content (AvgIpc) is 2.57. The predicted molar refractivity (Wildman–Crippen MR) is 86.2 cm³/mol. The van der Waals surface area contributed by atoms with Gasteiger partial charge in [-0.05, 0) is 26.0 Å². The van der Waals surface area contributed by atoms with Crippen molar-refractivity contribution in [3.8, 4) is 28.7 Å². The molecule has 0 fully saturated rings. The maximum atomic E-state index is 12.5. The summed E-state index contributed by atoms with van der Waals surface area (Å²) in [6.07, 6.45) is -0.736. The first-order chi connectivity index (χ1) is 11.3. The highest BCUT2D eigenvalue weighted by molar-refractivity contribution is 6.03. The van der Waals surface area contributed by atoms with Crippen LogP contribution in [-0.2, 0) is 0 Å². The molecule has 1 atom stereocenters. The molecule has 2 aromatic rings. The van der Waals surface area contributed by atoms with Gasteiger partial charge in [0.15, 0.2) is 5.78 Å². The Hall–Kier alpha value is -2.89. The van der Waals surface area contributed by atoms with E-state index < -0.39 is 6.10 Å². The Morgan fingerprint density at radius 1 is 1.12 bits per heavy atom. The molecule has 1 unspecified atom stereocenters. The fourth-order valence-electron chi connectivity index (χ4n) is 2.94. The van der Waals surface area contributed by atoms with Crippen LogP contribution in [0.2, 0.25) is 0 Å². The molecule has 0 aromatic heterocycles. The zero-order chi connectivity index (χ0) is 17.6. The number of carbonyl (C=O) groups excluding carboxylic acids is 1. The van der Waals surface area contributed by atoms with Crippen LogP contribution in [0.25, 0.3) is 0 Å². The number of rotatable bonds is 2. The van der Waals surface area contributed by atoms with Crippen LogP contribution in [0.4, 0.5) is 0 Å². The van der Waals surface area contributed by atoms with Crippen LogP contribution >= 0.6 is 0 Å². The van der Waals surface area contributed by atoms with Gasteiger partial charge in [0.2, 0.25) is 0 Å². The molecule has 24 heavy (non-hydrogen) atoms. The number of methoxy groups -OCH3 is 1. The molecule has 1 aliphatic rings. The van der Waals surface area contributed by atoms with E-state index in [9.17, 15) is 20.1 Å². The molecule has 0 radical (unpaired) electrons. The van der Waals surface area contributed by atoms with E-state index in [-0.39, 0.29) is 46.3 Å². The Morgan fingerprint density at radius 3 is 2.46 bits per heavy atom. The molecule has 6 nitrogen and oxygen atoms in total. The third-order valence-corrected chi connectivity index (χ3v) is 4.36. The molecular weight excluding hydrogens is 312 g/mol. The molecule has 0 saturated heterocycles. The largest absolute Gasteiger partial charge is 0.507 e. The highest BCUT2D eigenvalue weighted by Crippen LogP contribution is 2.48. The topological polar surface area (TPSA) is 96.2 Å². The van der Waals surface area contributed by atoms with Gasteiger partial charge in [-0.15, -0.1) is 0 Å². The van der Waals surface area contributed by atoms with E-state index in [1.807, 2.05) is 0 Å². The number of benzene rings is 2. The molecule has 6 heteroatoms. The maximum Gasteiger partial charge on any atom is 0.174 e. The van der Waals surface area contributed by atoms with Crippen molar-refractivity contribution in [2.45, 2.75) is 26.4 Å². The Balaban J connectivity index is 2.09. The smallest absolute Gasteiger partial charge is 0.174 e. The zero-order valence-electron chi connectivity index (χ0n) is 13.6. The van der Waals surface area contributed by atoms with Gasteiger partial charge in [-0.2, -0.15) is 0 Å². The normalized spacial score (nSPS) is 16.5. The summed E-state index contributed by atoms with van der Waals surface area (Å²) in [6.45, 7) is 3.15. The van der Waals surface area contributed by atoms with E-state index in [0.29, 0.717) is 16.9 Å². The van der Waals surface area contributed by atoms with Crippen LogP contribution in [0.3, 0.4) is 0 Å². The third-order valence-electron chi connectivity index (χ3n) is 4.36. The number of phenols is 3. The van der Waals surface area contributed by atoms with Crippen LogP contribution in [0, 0.1) is 13.8 Å². The lowest BCUT2D eigenvalue weighted by atomic mass is 9.91. The van der Waals surface area contributed by atoms with Gasteiger partial charge in [0.05, 0.1) is 13.5 Å². The van der Waals surface area contributed by atoms with E-state index in [0.717, 1.165) is 0 Å². The quantitative estimate of drug-likeness (QED) is 0.783. The zero-order valence-corrected chi connectivity index (χ0v) is 13.6. The van der Waals surface area contributed by atoms with Gasteiger partial charge in [0.25, 0.3) is 0 Å². The van der Waals surface area contributed by atoms with E-state index in [1.54, 1.807) is 19.1 Å². The summed E-state index contributed by atoms with van der Waals surface area (Å²) in [7, 11) is 1.49.